The molecular weight excluding hydrogens is 166 g/mol. The van der Waals surface area contributed by atoms with Crippen LogP contribution >= 0.6 is 11.8 Å². The summed E-state index contributed by atoms with van der Waals surface area (Å²) in [5.74, 6) is 1.30. The Hall–Kier alpha value is 0.310. The smallest absolute Gasteiger partial charge is 0.0269 e. The van der Waals surface area contributed by atoms with E-state index in [1.807, 2.05) is 0 Å². The molecule has 2 heteroatoms. The van der Waals surface area contributed by atoms with Crippen molar-refractivity contribution >= 4 is 11.8 Å². The number of nitrogens with zero attached hydrogens (tertiary/aromatic N) is 1. The van der Waals surface area contributed by atoms with Gasteiger partial charge >= 0.3 is 0 Å². The van der Waals surface area contributed by atoms with Crippen LogP contribution < -0.4 is 0 Å². The molecule has 1 saturated heterocycles. The molecule has 0 radical (unpaired) electrons. The molecule has 2 atom stereocenters. The molecule has 72 valence electrons. The quantitative estimate of drug-likeness (QED) is 0.654. The van der Waals surface area contributed by atoms with Crippen LogP contribution in [0.15, 0.2) is 0 Å². The van der Waals surface area contributed by atoms with Crippen molar-refractivity contribution in [2.24, 2.45) is 0 Å². The summed E-state index contributed by atoms with van der Waals surface area (Å²) < 4.78 is 0. The first-order valence-electron chi connectivity index (χ1n) is 4.99. The maximum absolute atomic E-state index is 2.63. The second-order valence-electron chi connectivity index (χ2n) is 4.01. The van der Waals surface area contributed by atoms with Gasteiger partial charge in [0.05, 0.1) is 0 Å². The number of rotatable bonds is 2. The summed E-state index contributed by atoms with van der Waals surface area (Å²) in [6, 6.07) is 0. The minimum Gasteiger partial charge on any atom is -0.296 e. The van der Waals surface area contributed by atoms with Crippen molar-refractivity contribution < 1.29 is 0 Å². The minimum absolute atomic E-state index is 0.464. The first kappa shape index (κ1) is 10.4. The molecule has 1 rings (SSSR count). The van der Waals surface area contributed by atoms with E-state index in [2.05, 4.69) is 44.4 Å². The van der Waals surface area contributed by atoms with Crippen LogP contribution in [0.5, 0.6) is 0 Å². The second-order valence-corrected chi connectivity index (χ2v) is 5.44. The van der Waals surface area contributed by atoms with Crippen LogP contribution in [0.25, 0.3) is 0 Å². The van der Waals surface area contributed by atoms with E-state index in [1.54, 1.807) is 0 Å². The van der Waals surface area contributed by atoms with Crippen molar-refractivity contribution in [2.75, 3.05) is 18.8 Å². The van der Waals surface area contributed by atoms with Gasteiger partial charge in [0.1, 0.15) is 0 Å². The van der Waals surface area contributed by atoms with Crippen molar-refractivity contribution in [2.45, 2.75) is 44.9 Å². The van der Waals surface area contributed by atoms with Crippen LogP contribution in [0.2, 0.25) is 0 Å². The van der Waals surface area contributed by atoms with E-state index in [1.165, 1.54) is 25.3 Å². The molecular formula is C10H21NS. The van der Waals surface area contributed by atoms with Crippen LogP contribution in [0.4, 0.5) is 0 Å². The average molecular weight is 187 g/mol. The Morgan fingerprint density at radius 2 is 2.17 bits per heavy atom. The summed E-state index contributed by atoms with van der Waals surface area (Å²) in [4.78, 5) is 2.63. The van der Waals surface area contributed by atoms with Crippen molar-refractivity contribution in [1.29, 1.82) is 0 Å². The molecule has 0 bridgehead atoms. The molecule has 0 N–H and O–H groups in total. The minimum atomic E-state index is 0.464. The Balaban J connectivity index is 2.62. The van der Waals surface area contributed by atoms with Crippen LogP contribution in [-0.4, -0.2) is 34.5 Å². The summed E-state index contributed by atoms with van der Waals surface area (Å²) >= 11 is 2.13. The Morgan fingerprint density at radius 1 is 1.50 bits per heavy atom. The van der Waals surface area contributed by atoms with Gasteiger partial charge in [-0.1, -0.05) is 20.8 Å². The fourth-order valence-electron chi connectivity index (χ4n) is 1.83. The van der Waals surface area contributed by atoms with Gasteiger partial charge in [-0.25, -0.2) is 0 Å². The summed E-state index contributed by atoms with van der Waals surface area (Å²) in [6.07, 6.45) is 1.28. The predicted molar refractivity (Wildman–Crippen MR) is 57.9 cm³/mol. The number of hydrogen-bond donors (Lipinski definition) is 0. The van der Waals surface area contributed by atoms with Crippen molar-refractivity contribution in [3.05, 3.63) is 0 Å². The maximum atomic E-state index is 2.63. The van der Waals surface area contributed by atoms with E-state index in [9.17, 15) is 0 Å². The molecule has 0 aromatic heterocycles. The highest BCUT2D eigenvalue weighted by Gasteiger charge is 2.34. The van der Waals surface area contributed by atoms with E-state index >= 15 is 0 Å². The Labute approximate surface area is 80.9 Å². The van der Waals surface area contributed by atoms with Gasteiger partial charge in [-0.15, -0.1) is 0 Å². The summed E-state index contributed by atoms with van der Waals surface area (Å²) in [5.41, 5.74) is 0.464. The fourth-order valence-corrected chi connectivity index (χ4v) is 3.15. The van der Waals surface area contributed by atoms with E-state index in [4.69, 9.17) is 0 Å². The first-order chi connectivity index (χ1) is 5.62. The van der Waals surface area contributed by atoms with E-state index in [-0.39, 0.29) is 0 Å². The molecule has 1 fully saturated rings. The predicted octanol–water partition coefficient (Wildman–Crippen LogP) is 2.61. The van der Waals surface area contributed by atoms with Gasteiger partial charge in [-0.3, -0.25) is 4.90 Å². The Morgan fingerprint density at radius 3 is 2.67 bits per heavy atom. The van der Waals surface area contributed by atoms with E-state index < -0.39 is 0 Å². The van der Waals surface area contributed by atoms with Gasteiger partial charge in [-0.2, -0.15) is 11.8 Å². The van der Waals surface area contributed by atoms with Crippen molar-refractivity contribution in [1.82, 2.24) is 4.90 Å². The highest BCUT2D eigenvalue weighted by molar-refractivity contribution is 8.00. The monoisotopic (exact) mass is 187 g/mol. The van der Waals surface area contributed by atoms with Crippen LogP contribution in [0, 0.1) is 0 Å². The SMILES string of the molecule is CCN1CC(C)SCC1(C)CC. The summed E-state index contributed by atoms with van der Waals surface area (Å²) in [7, 11) is 0. The van der Waals surface area contributed by atoms with Crippen molar-refractivity contribution in [3.63, 3.8) is 0 Å². The lowest BCUT2D eigenvalue weighted by Gasteiger charge is -2.46. The lowest BCUT2D eigenvalue weighted by Crippen LogP contribution is -2.53. The maximum Gasteiger partial charge on any atom is 0.0269 e. The molecule has 0 amide bonds. The summed E-state index contributed by atoms with van der Waals surface area (Å²) in [6.45, 7) is 11.8. The molecule has 0 saturated carbocycles. The molecule has 1 nitrogen and oxygen atoms in total. The van der Waals surface area contributed by atoms with Crippen LogP contribution in [0.3, 0.4) is 0 Å². The largest absolute Gasteiger partial charge is 0.296 e. The first-order valence-corrected chi connectivity index (χ1v) is 6.04. The number of thioether (sulfide) groups is 1. The third kappa shape index (κ3) is 1.97. The second kappa shape index (κ2) is 4.01. The molecule has 0 aliphatic carbocycles. The van der Waals surface area contributed by atoms with Gasteiger partial charge in [0.2, 0.25) is 0 Å². The third-order valence-electron chi connectivity index (χ3n) is 3.06. The third-order valence-corrected chi connectivity index (χ3v) is 4.57. The zero-order valence-corrected chi connectivity index (χ0v) is 9.58. The van der Waals surface area contributed by atoms with Gasteiger partial charge in [0.25, 0.3) is 0 Å². The van der Waals surface area contributed by atoms with Gasteiger partial charge in [0.15, 0.2) is 0 Å². The molecule has 0 aromatic rings. The van der Waals surface area contributed by atoms with E-state index in [0.29, 0.717) is 5.54 Å². The van der Waals surface area contributed by atoms with Gasteiger partial charge in [0, 0.05) is 23.1 Å². The molecule has 12 heavy (non-hydrogen) atoms. The number of hydrogen-bond acceptors (Lipinski definition) is 2. The summed E-state index contributed by atoms with van der Waals surface area (Å²) in [5, 5.41) is 0.824. The van der Waals surface area contributed by atoms with E-state index in [0.717, 1.165) is 5.25 Å². The average Bonchev–Trinajstić information content (AvgIpc) is 2.09. The molecule has 1 aliphatic heterocycles. The van der Waals surface area contributed by atoms with Crippen molar-refractivity contribution in [3.8, 4) is 0 Å². The molecule has 0 spiro atoms. The molecule has 0 aromatic carbocycles. The fraction of sp³-hybridized carbons (Fsp3) is 1.00. The van der Waals surface area contributed by atoms with Crippen LogP contribution in [0.1, 0.15) is 34.1 Å². The standard InChI is InChI=1S/C10H21NS/c1-5-10(4)8-12-9(3)7-11(10)6-2/h9H,5-8H2,1-4H3. The normalized spacial score (nSPS) is 38.5. The zero-order valence-electron chi connectivity index (χ0n) is 8.76. The van der Waals surface area contributed by atoms with Gasteiger partial charge < -0.3 is 0 Å². The Bertz CT molecular complexity index is 149. The van der Waals surface area contributed by atoms with Crippen LogP contribution in [-0.2, 0) is 0 Å². The highest BCUT2D eigenvalue weighted by atomic mass is 32.2. The highest BCUT2D eigenvalue weighted by Crippen LogP contribution is 2.32. The molecule has 1 aliphatic rings. The Kier molecular flexibility index (Phi) is 3.47. The van der Waals surface area contributed by atoms with Gasteiger partial charge in [-0.05, 0) is 19.9 Å². The molecule has 1 heterocycles. The lowest BCUT2D eigenvalue weighted by molar-refractivity contribution is 0.122. The lowest BCUT2D eigenvalue weighted by atomic mass is 9.98. The molecule has 2 unspecified atom stereocenters. The topological polar surface area (TPSA) is 3.24 Å². The zero-order chi connectivity index (χ0) is 9.19.